The van der Waals surface area contributed by atoms with Crippen molar-refractivity contribution in [1.82, 2.24) is 10.3 Å². The summed E-state index contributed by atoms with van der Waals surface area (Å²) in [5.74, 6) is -0.221. The van der Waals surface area contributed by atoms with Gasteiger partial charge in [-0.1, -0.05) is 35.6 Å². The zero-order valence-electron chi connectivity index (χ0n) is 14.6. The molecule has 3 rings (SSSR count). The number of hydrogen-bond acceptors (Lipinski definition) is 7. The molecule has 27 heavy (non-hydrogen) atoms. The third-order valence-electron chi connectivity index (χ3n) is 3.79. The highest BCUT2D eigenvalue weighted by Crippen LogP contribution is 2.29. The summed E-state index contributed by atoms with van der Waals surface area (Å²) in [7, 11) is -3.87. The van der Waals surface area contributed by atoms with E-state index in [0.29, 0.717) is 24.6 Å². The summed E-state index contributed by atoms with van der Waals surface area (Å²) in [5.41, 5.74) is 2.79. The van der Waals surface area contributed by atoms with Crippen molar-refractivity contribution in [2.45, 2.75) is 12.8 Å². The second-order valence-electron chi connectivity index (χ2n) is 5.97. The van der Waals surface area contributed by atoms with Crippen molar-refractivity contribution in [3.05, 3.63) is 54.1 Å². The van der Waals surface area contributed by atoms with Crippen molar-refractivity contribution in [2.75, 3.05) is 18.8 Å². The van der Waals surface area contributed by atoms with Crippen LogP contribution < -0.4 is 5.32 Å². The molecule has 9 heteroatoms. The van der Waals surface area contributed by atoms with Crippen molar-refractivity contribution in [3.63, 3.8) is 0 Å². The van der Waals surface area contributed by atoms with Gasteiger partial charge >= 0.3 is 0 Å². The average Bonchev–Trinajstić information content (AvgIpc) is 3.05. The number of azo groups is 1. The second kappa shape index (κ2) is 9.14. The summed E-state index contributed by atoms with van der Waals surface area (Å²) in [6.07, 6.45) is 1.17. The fraction of sp³-hybridized carbons (Fsp3) is 0.278. The molecule has 7 nitrogen and oxygen atoms in total. The monoisotopic (exact) mass is 404 g/mol. The van der Waals surface area contributed by atoms with E-state index < -0.39 is 10.1 Å². The molecule has 0 atom stereocenters. The highest BCUT2D eigenvalue weighted by Gasteiger charge is 2.03. The molecule has 0 aliphatic rings. The zero-order chi connectivity index (χ0) is 19.1. The number of nitrogens with zero attached hydrogens (tertiary/aromatic N) is 3. The molecule has 1 heterocycles. The van der Waals surface area contributed by atoms with Gasteiger partial charge in [0.15, 0.2) is 0 Å². The number of thiazole rings is 1. The zero-order valence-corrected chi connectivity index (χ0v) is 16.2. The molecule has 0 spiro atoms. The lowest BCUT2D eigenvalue weighted by atomic mass is 10.1. The largest absolute Gasteiger partial charge is 0.316 e. The Kier molecular flexibility index (Phi) is 6.62. The fourth-order valence-electron chi connectivity index (χ4n) is 2.51. The molecule has 0 bridgehead atoms. The molecule has 0 radical (unpaired) electrons. The third-order valence-corrected chi connectivity index (χ3v) is 5.52. The number of benzene rings is 2. The van der Waals surface area contributed by atoms with Gasteiger partial charge in [-0.3, -0.25) is 4.55 Å². The lowest BCUT2D eigenvalue weighted by Gasteiger charge is -2.04. The van der Waals surface area contributed by atoms with E-state index in [1.54, 1.807) is 0 Å². The van der Waals surface area contributed by atoms with Crippen LogP contribution in [0.1, 0.15) is 12.0 Å². The predicted molar refractivity (Wildman–Crippen MR) is 108 cm³/mol. The summed E-state index contributed by atoms with van der Waals surface area (Å²) >= 11 is 1.50. The summed E-state index contributed by atoms with van der Waals surface area (Å²) in [4.78, 5) is 4.43. The fourth-order valence-corrected chi connectivity index (χ4v) is 3.81. The van der Waals surface area contributed by atoms with Gasteiger partial charge < -0.3 is 5.32 Å². The Morgan fingerprint density at radius 1 is 1.07 bits per heavy atom. The quantitative estimate of drug-likeness (QED) is 0.317. The molecule has 2 aromatic carbocycles. The van der Waals surface area contributed by atoms with Crippen LogP contribution in [0.4, 0.5) is 10.8 Å². The molecule has 0 aliphatic heterocycles. The molecular weight excluding hydrogens is 384 g/mol. The molecule has 0 saturated carbocycles. The molecule has 1 aromatic heterocycles. The van der Waals surface area contributed by atoms with Gasteiger partial charge in [0.1, 0.15) is 0 Å². The lowest BCUT2D eigenvalue weighted by Crippen LogP contribution is -2.20. The predicted octanol–water partition coefficient (Wildman–Crippen LogP) is 4.12. The molecule has 0 unspecified atom stereocenters. The number of hydrogen-bond donors (Lipinski definition) is 2. The first-order valence-electron chi connectivity index (χ1n) is 8.52. The van der Waals surface area contributed by atoms with Gasteiger partial charge in [-0.15, -0.1) is 10.2 Å². The Labute approximate surface area is 161 Å². The Bertz CT molecular complexity index is 999. The van der Waals surface area contributed by atoms with Crippen molar-refractivity contribution in [3.8, 4) is 0 Å². The minimum atomic E-state index is -3.87. The van der Waals surface area contributed by atoms with Crippen LogP contribution in [0.5, 0.6) is 0 Å². The van der Waals surface area contributed by atoms with Crippen LogP contribution in [0, 0.1) is 0 Å². The first-order valence-corrected chi connectivity index (χ1v) is 10.9. The van der Waals surface area contributed by atoms with Crippen LogP contribution in [0.3, 0.4) is 0 Å². The van der Waals surface area contributed by atoms with Crippen LogP contribution in [-0.2, 0) is 16.5 Å². The van der Waals surface area contributed by atoms with Crippen LogP contribution in [0.15, 0.2) is 58.8 Å². The Morgan fingerprint density at radius 2 is 1.93 bits per heavy atom. The van der Waals surface area contributed by atoms with Gasteiger partial charge in [-0.05, 0) is 55.8 Å². The van der Waals surface area contributed by atoms with E-state index in [4.69, 9.17) is 4.55 Å². The standard InChI is InChI=1S/C18H20N4O3S2/c23-27(24,25)12-4-10-19-11-9-14-5-3-6-15(13-14)21-22-18-20-16-7-1-2-8-17(16)26-18/h1-3,5-8,13,19H,4,9-12H2,(H,23,24,25). The smallest absolute Gasteiger partial charge is 0.264 e. The van der Waals surface area contributed by atoms with Crippen molar-refractivity contribution >= 4 is 42.5 Å². The van der Waals surface area contributed by atoms with Gasteiger partial charge in [0, 0.05) is 0 Å². The van der Waals surface area contributed by atoms with Gasteiger partial charge in [0.2, 0.25) is 5.13 Å². The highest BCUT2D eigenvalue weighted by molar-refractivity contribution is 7.85. The first-order chi connectivity index (χ1) is 13.0. The summed E-state index contributed by atoms with van der Waals surface area (Å²) in [6, 6.07) is 15.7. The average molecular weight is 405 g/mol. The molecule has 142 valence electrons. The maximum Gasteiger partial charge on any atom is 0.264 e. The normalized spacial score (nSPS) is 12.2. The van der Waals surface area contributed by atoms with Crippen molar-refractivity contribution in [2.24, 2.45) is 10.2 Å². The maximum absolute atomic E-state index is 10.6. The van der Waals surface area contributed by atoms with Crippen LogP contribution in [-0.4, -0.2) is 36.8 Å². The summed E-state index contributed by atoms with van der Waals surface area (Å²) < 4.78 is 31.0. The molecule has 2 N–H and O–H groups in total. The van der Waals surface area contributed by atoms with E-state index in [1.165, 1.54) is 11.3 Å². The van der Waals surface area contributed by atoms with E-state index in [2.05, 4.69) is 20.5 Å². The molecule has 0 aliphatic carbocycles. The van der Waals surface area contributed by atoms with Gasteiger partial charge in [0.25, 0.3) is 10.1 Å². The second-order valence-corrected chi connectivity index (χ2v) is 8.55. The highest BCUT2D eigenvalue weighted by atomic mass is 32.2. The van der Waals surface area contributed by atoms with Crippen LogP contribution in [0.25, 0.3) is 10.2 Å². The lowest BCUT2D eigenvalue weighted by molar-refractivity contribution is 0.479. The van der Waals surface area contributed by atoms with Crippen LogP contribution >= 0.6 is 11.3 Å². The van der Waals surface area contributed by atoms with Crippen LogP contribution in [0.2, 0.25) is 0 Å². The number of fused-ring (bicyclic) bond motifs is 1. The van der Waals surface area contributed by atoms with E-state index >= 15 is 0 Å². The van der Waals surface area contributed by atoms with E-state index in [0.717, 1.165) is 27.9 Å². The SMILES string of the molecule is O=S(=O)(O)CCCNCCc1cccc(N=Nc2nc3ccccc3s2)c1. The first kappa shape index (κ1) is 19.6. The van der Waals surface area contributed by atoms with Crippen molar-refractivity contribution < 1.29 is 13.0 Å². The van der Waals surface area contributed by atoms with Gasteiger partial charge in [-0.2, -0.15) is 8.42 Å². The summed E-state index contributed by atoms with van der Waals surface area (Å²) in [5, 5.41) is 12.3. The topological polar surface area (TPSA) is 104 Å². The summed E-state index contributed by atoms with van der Waals surface area (Å²) in [6.45, 7) is 1.25. The van der Waals surface area contributed by atoms with Gasteiger partial charge in [-0.25, -0.2) is 4.98 Å². The molecule has 0 fully saturated rings. The molecule has 0 saturated heterocycles. The molecular formula is C18H20N4O3S2. The number of nitrogens with one attached hydrogen (secondary N) is 1. The Balaban J connectivity index is 1.51. The number of aromatic nitrogens is 1. The molecule has 3 aromatic rings. The van der Waals surface area contributed by atoms with E-state index in [-0.39, 0.29) is 5.75 Å². The minimum Gasteiger partial charge on any atom is -0.316 e. The van der Waals surface area contributed by atoms with E-state index in [1.807, 2.05) is 48.5 Å². The minimum absolute atomic E-state index is 0.221. The third kappa shape index (κ3) is 6.47. The Morgan fingerprint density at radius 3 is 2.74 bits per heavy atom. The van der Waals surface area contributed by atoms with E-state index in [9.17, 15) is 8.42 Å². The van der Waals surface area contributed by atoms with Crippen molar-refractivity contribution in [1.29, 1.82) is 0 Å². The maximum atomic E-state index is 10.6. The molecule has 0 amide bonds. The Hall–Kier alpha value is -2.20. The number of rotatable bonds is 9. The number of para-hydroxylation sites is 1. The van der Waals surface area contributed by atoms with Gasteiger partial charge in [0.05, 0.1) is 21.7 Å².